The van der Waals surface area contributed by atoms with Crippen LogP contribution in [0, 0.1) is 18.2 Å². The number of terminal acetylenes is 1. The maximum absolute atomic E-state index is 14.0. The molecule has 4 aromatic rings. The molecule has 0 bridgehead atoms. The zero-order valence-corrected chi connectivity index (χ0v) is 25.0. The minimum absolute atomic E-state index is 0.0584. The van der Waals surface area contributed by atoms with Crippen molar-refractivity contribution in [1.82, 2.24) is 4.57 Å². The van der Waals surface area contributed by atoms with Gasteiger partial charge in [-0.05, 0) is 64.3 Å². The van der Waals surface area contributed by atoms with Gasteiger partial charge in [0.2, 0.25) is 0 Å². The van der Waals surface area contributed by atoms with Gasteiger partial charge in [-0.1, -0.05) is 59.7 Å². The summed E-state index contributed by atoms with van der Waals surface area (Å²) in [5.41, 5.74) is 2.08. The fourth-order valence-corrected chi connectivity index (χ4v) is 6.20. The average Bonchev–Trinajstić information content (AvgIpc) is 3.30. The van der Waals surface area contributed by atoms with Crippen LogP contribution in [0.3, 0.4) is 0 Å². The van der Waals surface area contributed by atoms with E-state index in [9.17, 15) is 14.0 Å². The molecule has 1 aromatic heterocycles. The number of fused-ring (bicyclic) bond motifs is 1. The molecule has 0 N–H and O–H groups in total. The van der Waals surface area contributed by atoms with Gasteiger partial charge in [0.15, 0.2) is 16.3 Å². The average molecular weight is 648 g/mol. The summed E-state index contributed by atoms with van der Waals surface area (Å²) in [7, 11) is 1.51. The normalized spacial score (nSPS) is 14.5. The minimum Gasteiger partial charge on any atom is -0.493 e. The lowest BCUT2D eigenvalue weighted by Crippen LogP contribution is -2.40. The second-order valence-electron chi connectivity index (χ2n) is 9.01. The van der Waals surface area contributed by atoms with Gasteiger partial charge in [-0.3, -0.25) is 9.36 Å². The number of carbonyl (C=O) groups is 1. The highest BCUT2D eigenvalue weighted by molar-refractivity contribution is 9.10. The fourth-order valence-electron chi connectivity index (χ4n) is 4.63. The first-order valence-electron chi connectivity index (χ1n) is 12.8. The summed E-state index contributed by atoms with van der Waals surface area (Å²) in [4.78, 5) is 32.7. The van der Waals surface area contributed by atoms with E-state index in [2.05, 4.69) is 21.9 Å². The quantitative estimate of drug-likeness (QED) is 0.202. The second kappa shape index (κ2) is 12.6. The molecule has 0 amide bonds. The highest BCUT2D eigenvalue weighted by Gasteiger charge is 2.35. The number of thiazole rings is 1. The summed E-state index contributed by atoms with van der Waals surface area (Å²) < 4.78 is 32.9. The lowest BCUT2D eigenvalue weighted by molar-refractivity contribution is -0.138. The molecule has 1 atom stereocenters. The largest absolute Gasteiger partial charge is 0.493 e. The first-order valence-corrected chi connectivity index (χ1v) is 14.4. The molecule has 3 aromatic carbocycles. The molecule has 0 fully saturated rings. The molecule has 42 heavy (non-hydrogen) atoms. The second-order valence-corrected chi connectivity index (χ2v) is 10.9. The molecule has 0 saturated carbocycles. The molecule has 0 radical (unpaired) electrons. The van der Waals surface area contributed by atoms with Gasteiger partial charge in [0.05, 0.1) is 40.0 Å². The summed E-state index contributed by atoms with van der Waals surface area (Å²) in [5.74, 6) is 2.24. The van der Waals surface area contributed by atoms with Crippen molar-refractivity contribution in [3.05, 3.63) is 119 Å². The molecule has 10 heteroatoms. The first kappa shape index (κ1) is 29.0. The van der Waals surface area contributed by atoms with E-state index in [0.29, 0.717) is 47.7 Å². The Bertz CT molecular complexity index is 1910. The number of hydrogen-bond acceptors (Lipinski definition) is 7. The van der Waals surface area contributed by atoms with Gasteiger partial charge in [-0.2, -0.15) is 0 Å². The van der Waals surface area contributed by atoms with Crippen LogP contribution in [0.2, 0.25) is 0 Å². The highest BCUT2D eigenvalue weighted by Crippen LogP contribution is 2.37. The summed E-state index contributed by atoms with van der Waals surface area (Å²) in [5, 5.41) is 0. The van der Waals surface area contributed by atoms with E-state index in [1.807, 2.05) is 30.3 Å². The summed E-state index contributed by atoms with van der Waals surface area (Å²) in [6.45, 7) is 1.89. The maximum Gasteiger partial charge on any atom is 0.338 e. The number of esters is 1. The predicted molar refractivity (Wildman–Crippen MR) is 162 cm³/mol. The predicted octanol–water partition coefficient (Wildman–Crippen LogP) is 4.86. The lowest BCUT2D eigenvalue weighted by Gasteiger charge is -2.25. The Morgan fingerprint density at radius 3 is 2.60 bits per heavy atom. The van der Waals surface area contributed by atoms with Gasteiger partial charge >= 0.3 is 5.97 Å². The van der Waals surface area contributed by atoms with Crippen molar-refractivity contribution >= 4 is 45.0 Å². The van der Waals surface area contributed by atoms with Crippen LogP contribution >= 0.6 is 27.3 Å². The van der Waals surface area contributed by atoms with Gasteiger partial charge in [0.1, 0.15) is 12.4 Å². The summed E-state index contributed by atoms with van der Waals surface area (Å²) in [6, 6.07) is 17.5. The zero-order chi connectivity index (χ0) is 29.8. The number of halogens is 2. The molecule has 212 valence electrons. The minimum atomic E-state index is -0.904. The standard InChI is InChI=1S/C32H24BrFN2O5S/c1-4-15-41-29-23(33)16-19(17-24(29)39-3)18-25-30(37)36-28(21-11-13-22(34)14-12-21)26(31(38)40-5-2)27(35-32(36)42-25)20-9-7-6-8-10-20/h1,6-14,16-18,28H,5,15H2,2-3H3/b25-18-/t28-/m0/s1. The van der Waals surface area contributed by atoms with Crippen molar-refractivity contribution in [2.45, 2.75) is 13.0 Å². The SMILES string of the molecule is C#CCOc1c(Br)cc(/C=c2\sc3n(c2=O)[C@@H](c2ccc(F)cc2)C(C(=O)OCC)=C(c2ccccc2)N=3)cc1OC. The Balaban J connectivity index is 1.77. The van der Waals surface area contributed by atoms with Crippen molar-refractivity contribution in [2.75, 3.05) is 20.3 Å². The number of methoxy groups -OCH3 is 1. The Labute approximate surface area is 253 Å². The number of nitrogens with zero attached hydrogens (tertiary/aromatic N) is 2. The lowest BCUT2D eigenvalue weighted by atomic mass is 9.93. The Morgan fingerprint density at radius 1 is 1.19 bits per heavy atom. The number of aromatic nitrogens is 1. The van der Waals surface area contributed by atoms with Crippen LogP contribution in [-0.4, -0.2) is 30.9 Å². The molecular formula is C32H24BrFN2O5S. The van der Waals surface area contributed by atoms with Crippen molar-refractivity contribution in [2.24, 2.45) is 4.99 Å². The van der Waals surface area contributed by atoms with E-state index in [4.69, 9.17) is 25.6 Å². The molecule has 1 aliphatic rings. The van der Waals surface area contributed by atoms with E-state index < -0.39 is 17.8 Å². The smallest absolute Gasteiger partial charge is 0.338 e. The Kier molecular flexibility index (Phi) is 8.71. The molecular weight excluding hydrogens is 623 g/mol. The van der Waals surface area contributed by atoms with Crippen LogP contribution in [0.25, 0.3) is 11.8 Å². The van der Waals surface area contributed by atoms with Crippen molar-refractivity contribution in [1.29, 1.82) is 0 Å². The van der Waals surface area contributed by atoms with Gasteiger partial charge < -0.3 is 14.2 Å². The summed E-state index contributed by atoms with van der Waals surface area (Å²) in [6.07, 6.45) is 7.04. The van der Waals surface area contributed by atoms with Crippen LogP contribution in [0.4, 0.5) is 4.39 Å². The van der Waals surface area contributed by atoms with Crippen LogP contribution in [0.1, 0.15) is 29.7 Å². The molecule has 2 heterocycles. The van der Waals surface area contributed by atoms with Gasteiger partial charge in [0, 0.05) is 5.56 Å². The molecule has 0 saturated heterocycles. The maximum atomic E-state index is 14.0. The van der Waals surface area contributed by atoms with E-state index in [0.717, 1.165) is 0 Å². The third-order valence-electron chi connectivity index (χ3n) is 6.41. The molecule has 7 nitrogen and oxygen atoms in total. The third-order valence-corrected chi connectivity index (χ3v) is 7.98. The van der Waals surface area contributed by atoms with Crippen molar-refractivity contribution in [3.8, 4) is 23.8 Å². The first-order chi connectivity index (χ1) is 20.4. The van der Waals surface area contributed by atoms with E-state index in [1.54, 1.807) is 37.3 Å². The molecule has 1 aliphatic heterocycles. The fraction of sp³-hybridized carbons (Fsp3) is 0.156. The molecule has 5 rings (SSSR count). The van der Waals surface area contributed by atoms with Crippen molar-refractivity contribution < 1.29 is 23.4 Å². The molecule has 0 unspecified atom stereocenters. The number of hydrogen-bond donors (Lipinski definition) is 0. The van der Waals surface area contributed by atoms with Crippen LogP contribution in [0.15, 0.2) is 86.6 Å². The highest BCUT2D eigenvalue weighted by atomic mass is 79.9. The topological polar surface area (TPSA) is 79.1 Å². The van der Waals surface area contributed by atoms with Crippen LogP contribution in [-0.2, 0) is 9.53 Å². The monoisotopic (exact) mass is 646 g/mol. The molecule has 0 spiro atoms. The van der Waals surface area contributed by atoms with Gasteiger partial charge in [0.25, 0.3) is 5.56 Å². The van der Waals surface area contributed by atoms with Crippen LogP contribution < -0.4 is 24.4 Å². The van der Waals surface area contributed by atoms with Crippen LogP contribution in [0.5, 0.6) is 11.5 Å². The van der Waals surface area contributed by atoms with E-state index >= 15 is 0 Å². The third kappa shape index (κ3) is 5.66. The number of ether oxygens (including phenoxy) is 3. The van der Waals surface area contributed by atoms with E-state index in [-0.39, 0.29) is 24.3 Å². The van der Waals surface area contributed by atoms with Gasteiger partial charge in [-0.15, -0.1) is 6.42 Å². The number of carbonyl (C=O) groups excluding carboxylic acids is 1. The van der Waals surface area contributed by atoms with Crippen molar-refractivity contribution in [3.63, 3.8) is 0 Å². The summed E-state index contributed by atoms with van der Waals surface area (Å²) >= 11 is 4.67. The number of benzene rings is 3. The number of rotatable bonds is 8. The zero-order valence-electron chi connectivity index (χ0n) is 22.6. The van der Waals surface area contributed by atoms with Gasteiger partial charge in [-0.25, -0.2) is 14.2 Å². The molecule has 0 aliphatic carbocycles. The Hall–Kier alpha value is -4.46. The van der Waals surface area contributed by atoms with E-state index in [1.165, 1.54) is 35.1 Å². The Morgan fingerprint density at radius 2 is 1.93 bits per heavy atom.